The molecule has 1 fully saturated rings. The van der Waals surface area contributed by atoms with Crippen LogP contribution in [0.3, 0.4) is 0 Å². The van der Waals surface area contributed by atoms with Gasteiger partial charge in [0.1, 0.15) is 30.5 Å². The Morgan fingerprint density at radius 2 is 1.92 bits per heavy atom. The molecule has 1 atom stereocenters. The highest BCUT2D eigenvalue weighted by Gasteiger charge is 2.28. The second kappa shape index (κ2) is 7.03. The summed E-state index contributed by atoms with van der Waals surface area (Å²) in [5.74, 6) is 1.07. The Hall–Kier alpha value is -2.37. The Labute approximate surface area is 142 Å². The lowest BCUT2D eigenvalue weighted by Crippen LogP contribution is -2.44. The van der Waals surface area contributed by atoms with Crippen LogP contribution in [-0.4, -0.2) is 44.8 Å². The number of benzene rings is 1. The maximum absolute atomic E-state index is 12.6. The first-order valence-electron chi connectivity index (χ1n) is 8.42. The maximum Gasteiger partial charge on any atom is 0.247 e. The van der Waals surface area contributed by atoms with Gasteiger partial charge in [0.05, 0.1) is 0 Å². The zero-order chi connectivity index (χ0) is 17.1. The van der Waals surface area contributed by atoms with Crippen molar-refractivity contribution in [3.8, 4) is 5.75 Å². The van der Waals surface area contributed by atoms with Crippen molar-refractivity contribution in [3.05, 3.63) is 42.0 Å². The first kappa shape index (κ1) is 16.5. The van der Waals surface area contributed by atoms with E-state index < -0.39 is 0 Å². The molecule has 0 N–H and O–H groups in total. The fourth-order valence-corrected chi connectivity index (χ4v) is 3.14. The number of carbonyl (C=O) groups is 1. The third-order valence-corrected chi connectivity index (χ3v) is 4.64. The molecule has 1 aromatic heterocycles. The standard InChI is InChI=1S/C18H24N4O2/c1-13-5-4-6-14(2)17(13)24-16-7-9-21(10-8-16)18(23)15(3)22-12-19-11-20-22/h4-6,11-12,15-16H,7-10H2,1-3H3/t15-/m0/s1. The van der Waals surface area contributed by atoms with Gasteiger partial charge in [-0.2, -0.15) is 5.10 Å². The molecule has 0 aliphatic carbocycles. The van der Waals surface area contributed by atoms with Gasteiger partial charge in [-0.1, -0.05) is 18.2 Å². The monoisotopic (exact) mass is 328 g/mol. The molecule has 1 amide bonds. The number of amides is 1. The molecule has 1 aromatic carbocycles. The highest BCUT2D eigenvalue weighted by atomic mass is 16.5. The van der Waals surface area contributed by atoms with E-state index in [0.717, 1.165) is 29.7 Å². The van der Waals surface area contributed by atoms with Gasteiger partial charge in [-0.25, -0.2) is 9.67 Å². The summed E-state index contributed by atoms with van der Waals surface area (Å²) in [5.41, 5.74) is 2.32. The summed E-state index contributed by atoms with van der Waals surface area (Å²) >= 11 is 0. The van der Waals surface area contributed by atoms with E-state index in [1.165, 1.54) is 6.33 Å². The third-order valence-electron chi connectivity index (χ3n) is 4.64. The highest BCUT2D eigenvalue weighted by Crippen LogP contribution is 2.26. The molecular weight excluding hydrogens is 304 g/mol. The molecule has 2 heterocycles. The summed E-state index contributed by atoms with van der Waals surface area (Å²) in [6.07, 6.45) is 4.90. The number of aryl methyl sites for hydroxylation is 2. The number of para-hydroxylation sites is 1. The van der Waals surface area contributed by atoms with E-state index in [0.29, 0.717) is 13.1 Å². The maximum atomic E-state index is 12.6. The largest absolute Gasteiger partial charge is 0.490 e. The van der Waals surface area contributed by atoms with Crippen molar-refractivity contribution in [2.24, 2.45) is 0 Å². The molecule has 128 valence electrons. The number of rotatable bonds is 4. The average Bonchev–Trinajstić information content (AvgIpc) is 3.12. The van der Waals surface area contributed by atoms with Gasteiger partial charge in [-0.3, -0.25) is 4.79 Å². The van der Waals surface area contributed by atoms with E-state index in [2.05, 4.69) is 36.1 Å². The number of aromatic nitrogens is 3. The van der Waals surface area contributed by atoms with Crippen LogP contribution in [-0.2, 0) is 4.79 Å². The summed E-state index contributed by atoms with van der Waals surface area (Å²) in [6, 6.07) is 5.87. The zero-order valence-corrected chi connectivity index (χ0v) is 14.5. The van der Waals surface area contributed by atoms with E-state index >= 15 is 0 Å². The molecule has 1 saturated heterocycles. The van der Waals surface area contributed by atoms with E-state index in [4.69, 9.17) is 4.74 Å². The van der Waals surface area contributed by atoms with Crippen molar-refractivity contribution in [2.75, 3.05) is 13.1 Å². The predicted molar refractivity (Wildman–Crippen MR) is 90.9 cm³/mol. The summed E-state index contributed by atoms with van der Waals surface area (Å²) in [5, 5.41) is 4.06. The topological polar surface area (TPSA) is 60.2 Å². The SMILES string of the molecule is Cc1cccc(C)c1OC1CCN(C(=O)[C@H](C)n2cncn2)CC1. The normalized spacial score (nSPS) is 16.9. The zero-order valence-electron chi connectivity index (χ0n) is 14.5. The molecule has 1 aliphatic rings. The number of nitrogens with zero attached hydrogens (tertiary/aromatic N) is 4. The van der Waals surface area contributed by atoms with Gasteiger partial charge in [0.15, 0.2) is 0 Å². The highest BCUT2D eigenvalue weighted by molar-refractivity contribution is 5.80. The van der Waals surface area contributed by atoms with Gasteiger partial charge in [0.25, 0.3) is 0 Å². The van der Waals surface area contributed by atoms with Gasteiger partial charge >= 0.3 is 0 Å². The number of likely N-dealkylation sites (tertiary alicyclic amines) is 1. The summed E-state index contributed by atoms with van der Waals surface area (Å²) in [4.78, 5) is 18.4. The fraction of sp³-hybridized carbons (Fsp3) is 0.500. The summed E-state index contributed by atoms with van der Waals surface area (Å²) in [7, 11) is 0. The molecule has 0 bridgehead atoms. The van der Waals surface area contributed by atoms with Crippen molar-refractivity contribution in [2.45, 2.75) is 45.8 Å². The molecular formula is C18H24N4O2. The van der Waals surface area contributed by atoms with Crippen LogP contribution in [0, 0.1) is 13.8 Å². The Kier molecular flexibility index (Phi) is 4.83. The Morgan fingerprint density at radius 1 is 1.25 bits per heavy atom. The van der Waals surface area contributed by atoms with Gasteiger partial charge in [0.2, 0.25) is 5.91 Å². The summed E-state index contributed by atoms with van der Waals surface area (Å²) < 4.78 is 7.81. The van der Waals surface area contributed by atoms with Crippen molar-refractivity contribution >= 4 is 5.91 Å². The van der Waals surface area contributed by atoms with Crippen LogP contribution in [0.2, 0.25) is 0 Å². The molecule has 2 aromatic rings. The van der Waals surface area contributed by atoms with E-state index in [1.54, 1.807) is 11.0 Å². The number of carbonyl (C=O) groups excluding carboxylic acids is 1. The predicted octanol–water partition coefficient (Wildman–Crippen LogP) is 2.53. The molecule has 24 heavy (non-hydrogen) atoms. The second-order valence-electron chi connectivity index (χ2n) is 6.41. The van der Waals surface area contributed by atoms with Crippen LogP contribution < -0.4 is 4.74 Å². The minimum atomic E-state index is -0.316. The first-order valence-corrected chi connectivity index (χ1v) is 8.42. The lowest BCUT2D eigenvalue weighted by atomic mass is 10.1. The molecule has 6 nitrogen and oxygen atoms in total. The molecule has 0 unspecified atom stereocenters. The van der Waals surface area contributed by atoms with Gasteiger partial charge < -0.3 is 9.64 Å². The van der Waals surface area contributed by atoms with Crippen LogP contribution in [0.25, 0.3) is 0 Å². The minimum Gasteiger partial charge on any atom is -0.490 e. The number of piperidine rings is 1. The quantitative estimate of drug-likeness (QED) is 0.865. The fourth-order valence-electron chi connectivity index (χ4n) is 3.14. The number of ether oxygens (including phenoxy) is 1. The third kappa shape index (κ3) is 3.42. The molecule has 0 radical (unpaired) electrons. The van der Waals surface area contributed by atoms with Crippen LogP contribution in [0.4, 0.5) is 0 Å². The van der Waals surface area contributed by atoms with E-state index in [-0.39, 0.29) is 18.1 Å². The lowest BCUT2D eigenvalue weighted by molar-refractivity contribution is -0.136. The Morgan fingerprint density at radius 3 is 2.50 bits per heavy atom. The molecule has 1 aliphatic heterocycles. The first-order chi connectivity index (χ1) is 11.6. The van der Waals surface area contributed by atoms with E-state index in [9.17, 15) is 4.79 Å². The molecule has 0 spiro atoms. The minimum absolute atomic E-state index is 0.0889. The Bertz CT molecular complexity index is 671. The van der Waals surface area contributed by atoms with E-state index in [1.807, 2.05) is 17.9 Å². The second-order valence-corrected chi connectivity index (χ2v) is 6.41. The van der Waals surface area contributed by atoms with Crippen molar-refractivity contribution < 1.29 is 9.53 Å². The van der Waals surface area contributed by atoms with Gasteiger partial charge in [-0.15, -0.1) is 0 Å². The van der Waals surface area contributed by atoms with Crippen LogP contribution in [0.15, 0.2) is 30.9 Å². The average molecular weight is 328 g/mol. The molecule has 0 saturated carbocycles. The van der Waals surface area contributed by atoms with Crippen LogP contribution in [0.5, 0.6) is 5.75 Å². The van der Waals surface area contributed by atoms with Gasteiger partial charge in [0, 0.05) is 25.9 Å². The molecule has 6 heteroatoms. The summed E-state index contributed by atoms with van der Waals surface area (Å²) in [6.45, 7) is 7.43. The number of hydrogen-bond acceptors (Lipinski definition) is 4. The smallest absolute Gasteiger partial charge is 0.247 e. The molecule has 3 rings (SSSR count). The van der Waals surface area contributed by atoms with Crippen molar-refractivity contribution in [3.63, 3.8) is 0 Å². The Balaban J connectivity index is 1.57. The number of hydrogen-bond donors (Lipinski definition) is 0. The van der Waals surface area contributed by atoms with Gasteiger partial charge in [-0.05, 0) is 31.9 Å². The van der Waals surface area contributed by atoms with Crippen LogP contribution in [0.1, 0.15) is 36.9 Å². The van der Waals surface area contributed by atoms with Crippen LogP contribution >= 0.6 is 0 Å². The van der Waals surface area contributed by atoms with Crippen molar-refractivity contribution in [1.82, 2.24) is 19.7 Å². The lowest BCUT2D eigenvalue weighted by Gasteiger charge is -2.34. The van der Waals surface area contributed by atoms with Crippen molar-refractivity contribution in [1.29, 1.82) is 0 Å².